The van der Waals surface area contributed by atoms with E-state index in [0.29, 0.717) is 18.1 Å². The Kier molecular flexibility index (Phi) is 3.86. The highest BCUT2D eigenvalue weighted by Gasteiger charge is 2.39. The first kappa shape index (κ1) is 14.3. The summed E-state index contributed by atoms with van der Waals surface area (Å²) < 4.78 is 16.3. The summed E-state index contributed by atoms with van der Waals surface area (Å²) in [5.74, 6) is 1.18. The van der Waals surface area contributed by atoms with Gasteiger partial charge in [0.15, 0.2) is 0 Å². The van der Waals surface area contributed by atoms with Crippen molar-refractivity contribution in [1.29, 1.82) is 0 Å². The van der Waals surface area contributed by atoms with Crippen molar-refractivity contribution in [2.75, 3.05) is 13.2 Å². The first-order chi connectivity index (χ1) is 10.1. The SMILES string of the molecule is CC1=CCOc2cc(O[C@@H]3OC[C@H](O)[C@H](O)[C@H]3O)ccc21. The van der Waals surface area contributed by atoms with Gasteiger partial charge >= 0.3 is 0 Å². The Morgan fingerprint density at radius 3 is 2.81 bits per heavy atom. The molecule has 0 aromatic heterocycles. The Morgan fingerprint density at radius 2 is 2.00 bits per heavy atom. The number of hydrogen-bond donors (Lipinski definition) is 3. The van der Waals surface area contributed by atoms with Crippen molar-refractivity contribution < 1.29 is 29.5 Å². The zero-order chi connectivity index (χ0) is 15.0. The van der Waals surface area contributed by atoms with Gasteiger partial charge in [0.25, 0.3) is 0 Å². The van der Waals surface area contributed by atoms with Crippen molar-refractivity contribution >= 4 is 5.57 Å². The molecule has 0 amide bonds. The van der Waals surface area contributed by atoms with Crippen LogP contribution < -0.4 is 9.47 Å². The molecule has 4 atom stereocenters. The zero-order valence-electron chi connectivity index (χ0n) is 11.6. The third kappa shape index (κ3) is 2.75. The number of rotatable bonds is 2. The number of fused-ring (bicyclic) bond motifs is 1. The molecular weight excluding hydrogens is 276 g/mol. The number of aliphatic hydroxyl groups is 3. The summed E-state index contributed by atoms with van der Waals surface area (Å²) in [6.45, 7) is 2.43. The molecule has 6 nitrogen and oxygen atoms in total. The van der Waals surface area contributed by atoms with Crippen LogP contribution in [0.5, 0.6) is 11.5 Å². The molecule has 0 bridgehead atoms. The molecule has 1 aromatic carbocycles. The second-order valence-corrected chi connectivity index (χ2v) is 5.22. The molecule has 0 aliphatic carbocycles. The number of hydrogen-bond acceptors (Lipinski definition) is 6. The van der Waals surface area contributed by atoms with Gasteiger partial charge < -0.3 is 29.5 Å². The lowest BCUT2D eigenvalue weighted by Crippen LogP contribution is -2.54. The summed E-state index contributed by atoms with van der Waals surface area (Å²) in [6.07, 6.45) is -2.74. The van der Waals surface area contributed by atoms with Crippen molar-refractivity contribution in [1.82, 2.24) is 0 Å². The van der Waals surface area contributed by atoms with Crippen molar-refractivity contribution in [3.63, 3.8) is 0 Å². The molecule has 3 rings (SSSR count). The Hall–Kier alpha value is -1.60. The van der Waals surface area contributed by atoms with E-state index in [-0.39, 0.29) is 6.61 Å². The largest absolute Gasteiger partial charge is 0.489 e. The quantitative estimate of drug-likeness (QED) is 0.727. The van der Waals surface area contributed by atoms with Gasteiger partial charge in [0.05, 0.1) is 6.61 Å². The summed E-state index contributed by atoms with van der Waals surface area (Å²) in [4.78, 5) is 0. The normalized spacial score (nSPS) is 31.9. The van der Waals surface area contributed by atoms with Gasteiger partial charge in [-0.15, -0.1) is 0 Å². The molecule has 114 valence electrons. The molecule has 0 radical (unpaired) electrons. The molecule has 2 aliphatic rings. The number of aliphatic hydroxyl groups excluding tert-OH is 3. The van der Waals surface area contributed by atoms with Crippen molar-refractivity contribution in [2.24, 2.45) is 0 Å². The molecule has 6 heteroatoms. The predicted molar refractivity (Wildman–Crippen MR) is 74.0 cm³/mol. The van der Waals surface area contributed by atoms with Crippen LogP contribution in [0.1, 0.15) is 12.5 Å². The molecule has 3 N–H and O–H groups in total. The molecule has 0 saturated carbocycles. The lowest BCUT2D eigenvalue weighted by atomic mass is 10.0. The first-order valence-corrected chi connectivity index (χ1v) is 6.82. The standard InChI is InChI=1S/C15H18O6/c1-8-4-5-19-12-6-9(2-3-10(8)12)21-15-14(18)13(17)11(16)7-20-15/h2-4,6,11,13-18H,5,7H2,1H3/t11-,13-,14+,15-/m0/s1. The Balaban J connectivity index is 1.75. The van der Waals surface area contributed by atoms with Crippen LogP contribution in [0.2, 0.25) is 0 Å². The molecule has 1 aromatic rings. The fourth-order valence-electron chi connectivity index (χ4n) is 2.40. The van der Waals surface area contributed by atoms with E-state index < -0.39 is 24.6 Å². The van der Waals surface area contributed by atoms with E-state index in [1.54, 1.807) is 12.1 Å². The van der Waals surface area contributed by atoms with E-state index in [1.807, 2.05) is 19.1 Å². The monoisotopic (exact) mass is 294 g/mol. The van der Waals surface area contributed by atoms with Gasteiger partial charge in [0, 0.05) is 11.6 Å². The third-order valence-corrected chi connectivity index (χ3v) is 3.71. The van der Waals surface area contributed by atoms with Crippen LogP contribution in [-0.2, 0) is 4.74 Å². The topological polar surface area (TPSA) is 88.4 Å². The van der Waals surface area contributed by atoms with Crippen molar-refractivity contribution in [3.05, 3.63) is 29.8 Å². The lowest BCUT2D eigenvalue weighted by Gasteiger charge is -2.35. The average molecular weight is 294 g/mol. The maximum absolute atomic E-state index is 9.85. The van der Waals surface area contributed by atoms with Crippen molar-refractivity contribution in [2.45, 2.75) is 31.5 Å². The van der Waals surface area contributed by atoms with Crippen LogP contribution in [0.3, 0.4) is 0 Å². The molecule has 1 saturated heterocycles. The summed E-state index contributed by atoms with van der Waals surface area (Å²) in [5, 5.41) is 28.9. The van der Waals surface area contributed by atoms with Crippen molar-refractivity contribution in [3.8, 4) is 11.5 Å². The van der Waals surface area contributed by atoms with Crippen LogP contribution in [-0.4, -0.2) is 53.1 Å². The Morgan fingerprint density at radius 1 is 1.19 bits per heavy atom. The van der Waals surface area contributed by atoms with Crippen LogP contribution in [0.4, 0.5) is 0 Å². The second-order valence-electron chi connectivity index (χ2n) is 5.22. The molecule has 2 heterocycles. The van der Waals surface area contributed by atoms with E-state index in [4.69, 9.17) is 14.2 Å². The van der Waals surface area contributed by atoms with Gasteiger partial charge in [-0.2, -0.15) is 0 Å². The number of allylic oxidation sites excluding steroid dienone is 1. The Labute approximate surface area is 122 Å². The molecule has 21 heavy (non-hydrogen) atoms. The highest BCUT2D eigenvalue weighted by molar-refractivity contribution is 5.71. The van der Waals surface area contributed by atoms with Gasteiger partial charge in [-0.1, -0.05) is 0 Å². The van der Waals surface area contributed by atoms with E-state index in [9.17, 15) is 15.3 Å². The van der Waals surface area contributed by atoms with Crippen LogP contribution in [0.15, 0.2) is 24.3 Å². The van der Waals surface area contributed by atoms with Gasteiger partial charge in [-0.3, -0.25) is 0 Å². The fourth-order valence-corrected chi connectivity index (χ4v) is 2.40. The van der Waals surface area contributed by atoms with E-state index >= 15 is 0 Å². The summed E-state index contributed by atoms with van der Waals surface area (Å²) in [5.41, 5.74) is 2.13. The highest BCUT2D eigenvalue weighted by Crippen LogP contribution is 2.33. The molecular formula is C15H18O6. The smallest absolute Gasteiger partial charge is 0.228 e. The summed E-state index contributed by atoms with van der Waals surface area (Å²) in [7, 11) is 0. The highest BCUT2D eigenvalue weighted by atomic mass is 16.7. The fraction of sp³-hybridized carbons (Fsp3) is 0.467. The number of ether oxygens (including phenoxy) is 3. The summed E-state index contributed by atoms with van der Waals surface area (Å²) in [6, 6.07) is 5.34. The minimum absolute atomic E-state index is 0.0911. The lowest BCUT2D eigenvalue weighted by molar-refractivity contribution is -0.242. The van der Waals surface area contributed by atoms with E-state index in [2.05, 4.69) is 0 Å². The summed E-state index contributed by atoms with van der Waals surface area (Å²) >= 11 is 0. The molecule has 1 fully saturated rings. The molecule has 0 unspecified atom stereocenters. The number of benzene rings is 1. The molecule has 2 aliphatic heterocycles. The third-order valence-electron chi connectivity index (χ3n) is 3.71. The zero-order valence-corrected chi connectivity index (χ0v) is 11.6. The Bertz CT molecular complexity index is 555. The predicted octanol–water partition coefficient (Wildman–Crippen LogP) is 0.300. The van der Waals surface area contributed by atoms with Gasteiger partial charge in [-0.25, -0.2) is 0 Å². The van der Waals surface area contributed by atoms with Gasteiger partial charge in [0.1, 0.15) is 36.4 Å². The maximum atomic E-state index is 9.85. The minimum atomic E-state index is -1.31. The van der Waals surface area contributed by atoms with Crippen LogP contribution >= 0.6 is 0 Å². The van der Waals surface area contributed by atoms with Gasteiger partial charge in [-0.05, 0) is 30.7 Å². The van der Waals surface area contributed by atoms with Crippen LogP contribution in [0, 0.1) is 0 Å². The molecule has 0 spiro atoms. The van der Waals surface area contributed by atoms with E-state index in [1.165, 1.54) is 0 Å². The second kappa shape index (κ2) is 5.65. The average Bonchev–Trinajstić information content (AvgIpc) is 2.48. The van der Waals surface area contributed by atoms with Crippen LogP contribution in [0.25, 0.3) is 5.57 Å². The maximum Gasteiger partial charge on any atom is 0.228 e. The first-order valence-electron chi connectivity index (χ1n) is 6.82. The van der Waals surface area contributed by atoms with E-state index in [0.717, 1.165) is 11.1 Å². The minimum Gasteiger partial charge on any atom is -0.489 e. The van der Waals surface area contributed by atoms with Gasteiger partial charge in [0.2, 0.25) is 6.29 Å².